The minimum Gasteiger partial charge on any atom is -0.733 e. The van der Waals surface area contributed by atoms with Crippen LogP contribution < -0.4 is 9.96 Å². The number of aliphatic hydroxyl groups is 4. The van der Waals surface area contributed by atoms with Gasteiger partial charge in [0.05, 0.1) is 12.3 Å². The molecule has 1 aromatic carbocycles. The summed E-state index contributed by atoms with van der Waals surface area (Å²) in [5.41, 5.74) is -0.227. The average molecular weight is 302 g/mol. The average Bonchev–Trinajstić information content (AvgIpc) is 2.48. The highest BCUT2D eigenvalue weighted by atomic mass is 16.8. The highest BCUT2D eigenvalue weighted by molar-refractivity contribution is 5.56. The molecule has 1 fully saturated rings. The van der Waals surface area contributed by atoms with E-state index in [0.717, 1.165) is 0 Å². The van der Waals surface area contributed by atoms with Gasteiger partial charge in [0, 0.05) is 0 Å². The molecule has 21 heavy (non-hydrogen) atoms. The summed E-state index contributed by atoms with van der Waals surface area (Å²) in [6.07, 6.45) is -7.26. The molecule has 1 aromatic rings. The van der Waals surface area contributed by atoms with Crippen molar-refractivity contribution in [2.75, 3.05) is 11.8 Å². The quantitative estimate of drug-likeness (QED) is 0.422. The molecule has 0 amide bonds. The summed E-state index contributed by atoms with van der Waals surface area (Å²) >= 11 is 0. The molecule has 9 nitrogen and oxygen atoms in total. The SMILES string of the molecule is [O-]N(O)c1ccccc1OC1OC(CO)C(O)C(O)C1O. The Bertz CT molecular complexity index is 468. The van der Waals surface area contributed by atoms with Crippen molar-refractivity contribution in [3.8, 4) is 5.75 Å². The van der Waals surface area contributed by atoms with E-state index >= 15 is 0 Å². The molecule has 0 aliphatic carbocycles. The minimum absolute atomic E-state index is 0.0978. The maximum Gasteiger partial charge on any atom is 0.229 e. The molecule has 1 saturated heterocycles. The van der Waals surface area contributed by atoms with Crippen LogP contribution >= 0.6 is 0 Å². The molecule has 0 saturated carbocycles. The Morgan fingerprint density at radius 2 is 1.81 bits per heavy atom. The van der Waals surface area contributed by atoms with E-state index in [-0.39, 0.29) is 11.4 Å². The van der Waals surface area contributed by atoms with Crippen LogP contribution in [-0.4, -0.2) is 62.9 Å². The lowest BCUT2D eigenvalue weighted by Gasteiger charge is -2.40. The monoisotopic (exact) mass is 302 g/mol. The van der Waals surface area contributed by atoms with E-state index in [1.165, 1.54) is 24.3 Å². The Labute approximate surface area is 119 Å². The largest absolute Gasteiger partial charge is 0.733 e. The molecule has 0 bridgehead atoms. The molecule has 5 atom stereocenters. The van der Waals surface area contributed by atoms with Crippen molar-refractivity contribution in [2.24, 2.45) is 0 Å². The van der Waals surface area contributed by atoms with Crippen molar-refractivity contribution >= 4 is 5.69 Å². The van der Waals surface area contributed by atoms with Crippen molar-refractivity contribution in [3.05, 3.63) is 29.5 Å². The van der Waals surface area contributed by atoms with Crippen LogP contribution in [0.5, 0.6) is 5.75 Å². The highest BCUT2D eigenvalue weighted by Crippen LogP contribution is 2.30. The maximum absolute atomic E-state index is 11.0. The first kappa shape index (κ1) is 15.9. The topological polar surface area (TPSA) is 146 Å². The third-order valence-corrected chi connectivity index (χ3v) is 3.16. The fourth-order valence-corrected chi connectivity index (χ4v) is 2.00. The smallest absolute Gasteiger partial charge is 0.229 e. The van der Waals surface area contributed by atoms with Gasteiger partial charge in [0.2, 0.25) is 6.29 Å². The lowest BCUT2D eigenvalue weighted by Crippen LogP contribution is -2.60. The number of nitrogens with zero attached hydrogens (tertiary/aromatic N) is 1. The van der Waals surface area contributed by atoms with E-state index in [9.17, 15) is 20.5 Å². The van der Waals surface area contributed by atoms with E-state index < -0.39 is 42.5 Å². The summed E-state index contributed by atoms with van der Waals surface area (Å²) in [7, 11) is 0. The van der Waals surface area contributed by atoms with Gasteiger partial charge in [0.15, 0.2) is 0 Å². The van der Waals surface area contributed by atoms with Gasteiger partial charge >= 0.3 is 0 Å². The fourth-order valence-electron chi connectivity index (χ4n) is 2.00. The van der Waals surface area contributed by atoms with E-state index in [1.54, 1.807) is 0 Å². The van der Waals surface area contributed by atoms with Crippen molar-refractivity contribution < 1.29 is 35.1 Å². The van der Waals surface area contributed by atoms with E-state index in [4.69, 9.17) is 19.8 Å². The number of benzene rings is 1. The first-order chi connectivity index (χ1) is 9.95. The predicted molar refractivity (Wildman–Crippen MR) is 68.5 cm³/mol. The Hall–Kier alpha value is -1.46. The lowest BCUT2D eigenvalue weighted by molar-refractivity contribution is -0.277. The number of ether oxygens (including phenoxy) is 2. The van der Waals surface area contributed by atoms with E-state index in [1.807, 2.05) is 0 Å². The first-order valence-corrected chi connectivity index (χ1v) is 6.18. The molecule has 2 rings (SSSR count). The second-order valence-electron chi connectivity index (χ2n) is 4.56. The molecule has 1 aliphatic rings. The zero-order valence-corrected chi connectivity index (χ0v) is 10.8. The normalized spacial score (nSPS) is 32.8. The highest BCUT2D eigenvalue weighted by Gasteiger charge is 2.44. The molecule has 1 heterocycles. The summed E-state index contributed by atoms with van der Waals surface area (Å²) in [5, 5.41) is 57.7. The third kappa shape index (κ3) is 3.24. The molecule has 118 valence electrons. The summed E-state index contributed by atoms with van der Waals surface area (Å²) < 4.78 is 10.4. The van der Waals surface area contributed by atoms with Crippen LogP contribution in [0.2, 0.25) is 0 Å². The van der Waals surface area contributed by atoms with E-state index in [2.05, 4.69) is 0 Å². The summed E-state index contributed by atoms with van der Waals surface area (Å²) in [5.74, 6) is -0.0978. The molecule has 0 spiro atoms. The Balaban J connectivity index is 2.19. The van der Waals surface area contributed by atoms with Gasteiger partial charge in [-0.3, -0.25) is 5.21 Å². The van der Waals surface area contributed by atoms with Crippen LogP contribution in [0, 0.1) is 5.21 Å². The van der Waals surface area contributed by atoms with Crippen LogP contribution in [0.4, 0.5) is 5.69 Å². The van der Waals surface area contributed by atoms with Gasteiger partial charge in [-0.25, -0.2) is 0 Å². The Kier molecular flexibility index (Phi) is 4.96. The number of anilines is 1. The van der Waals surface area contributed by atoms with E-state index in [0.29, 0.717) is 0 Å². The zero-order valence-electron chi connectivity index (χ0n) is 10.8. The van der Waals surface area contributed by atoms with Gasteiger partial charge in [-0.05, 0) is 12.1 Å². The molecular weight excluding hydrogens is 286 g/mol. The van der Waals surface area contributed by atoms with Crippen LogP contribution in [0.3, 0.4) is 0 Å². The first-order valence-electron chi connectivity index (χ1n) is 6.18. The van der Waals surface area contributed by atoms with Gasteiger partial charge in [0.25, 0.3) is 0 Å². The number of aliphatic hydroxyl groups excluding tert-OH is 4. The number of para-hydroxylation sites is 2. The second-order valence-corrected chi connectivity index (χ2v) is 4.56. The standard InChI is InChI=1S/C12H16NO8/c14-5-8-9(15)10(16)11(17)12(21-8)20-7-4-2-1-3-6(7)13(18)19/h1-4,8-12,14-18H,5H2/q-1. The van der Waals surface area contributed by atoms with Gasteiger partial charge in [-0.2, -0.15) is 0 Å². The minimum atomic E-state index is -1.60. The molecule has 1 aliphatic heterocycles. The van der Waals surface area contributed by atoms with Gasteiger partial charge < -0.3 is 40.3 Å². The third-order valence-electron chi connectivity index (χ3n) is 3.16. The van der Waals surface area contributed by atoms with Crippen LogP contribution in [0.1, 0.15) is 0 Å². The fraction of sp³-hybridized carbons (Fsp3) is 0.500. The van der Waals surface area contributed by atoms with Gasteiger partial charge in [-0.1, -0.05) is 12.1 Å². The lowest BCUT2D eigenvalue weighted by atomic mass is 9.99. The maximum atomic E-state index is 11.0. The molecule has 0 radical (unpaired) electrons. The van der Waals surface area contributed by atoms with Crippen LogP contribution in [0.25, 0.3) is 0 Å². The number of hydrogen-bond acceptors (Lipinski definition) is 9. The number of hydrogen-bond donors (Lipinski definition) is 5. The summed E-state index contributed by atoms with van der Waals surface area (Å²) in [4.78, 5) is 0. The van der Waals surface area contributed by atoms with Crippen LogP contribution in [0.15, 0.2) is 24.3 Å². The predicted octanol–water partition coefficient (Wildman–Crippen LogP) is -1.44. The van der Waals surface area contributed by atoms with Crippen molar-refractivity contribution in [2.45, 2.75) is 30.7 Å². The summed E-state index contributed by atoms with van der Waals surface area (Å²) in [6.45, 7) is -0.597. The Morgan fingerprint density at radius 3 is 2.43 bits per heavy atom. The van der Waals surface area contributed by atoms with Crippen LogP contribution in [-0.2, 0) is 4.74 Å². The second kappa shape index (κ2) is 6.54. The number of rotatable bonds is 4. The zero-order chi connectivity index (χ0) is 15.6. The van der Waals surface area contributed by atoms with Gasteiger partial charge in [0.1, 0.15) is 30.2 Å². The van der Waals surface area contributed by atoms with Gasteiger partial charge in [-0.15, -0.1) is 0 Å². The summed E-state index contributed by atoms with van der Waals surface area (Å²) in [6, 6.07) is 5.62. The molecule has 5 unspecified atom stereocenters. The molecular formula is C12H16NO8-. The van der Waals surface area contributed by atoms with Crippen molar-refractivity contribution in [1.82, 2.24) is 0 Å². The molecule has 0 aromatic heterocycles. The molecule has 9 heteroatoms. The van der Waals surface area contributed by atoms with Crippen molar-refractivity contribution in [3.63, 3.8) is 0 Å². The Morgan fingerprint density at radius 1 is 1.14 bits per heavy atom. The molecule has 5 N–H and O–H groups in total. The van der Waals surface area contributed by atoms with Crippen molar-refractivity contribution in [1.29, 1.82) is 0 Å².